The van der Waals surface area contributed by atoms with Crippen LogP contribution in [0, 0.1) is 0 Å². The van der Waals surface area contributed by atoms with Gasteiger partial charge in [0.25, 0.3) is 0 Å². The van der Waals surface area contributed by atoms with Crippen molar-refractivity contribution in [1.82, 2.24) is 14.9 Å². The Bertz CT molecular complexity index is 875. The maximum absolute atomic E-state index is 12.3. The Labute approximate surface area is 150 Å². The molecule has 0 unspecified atom stereocenters. The number of carbonyl (C=O) groups is 2. The van der Waals surface area contributed by atoms with Crippen LogP contribution in [0.25, 0.3) is 5.70 Å². The van der Waals surface area contributed by atoms with Gasteiger partial charge in [0, 0.05) is 12.5 Å². The zero-order valence-electron chi connectivity index (χ0n) is 14.9. The highest BCUT2D eigenvalue weighted by atomic mass is 32.2. The van der Waals surface area contributed by atoms with Crippen LogP contribution in [-0.2, 0) is 15.0 Å². The van der Waals surface area contributed by atoms with E-state index in [4.69, 9.17) is 0 Å². The van der Waals surface area contributed by atoms with E-state index in [1.165, 1.54) is 42.5 Å². The number of allylic oxidation sites excluding steroid dienone is 1. The lowest BCUT2D eigenvalue weighted by molar-refractivity contribution is -0.117. The standard InChI is InChI=1S/C18H20N4O2S/c1-11(23)16-15(13-6-8-14(9-7-13)18(3,4)5)22(12(2)24)21-10-19-20-17(21)25-16/h6-10H,1-5H3. The average molecular weight is 356 g/mol. The quantitative estimate of drug-likeness (QED) is 0.827. The fourth-order valence-electron chi connectivity index (χ4n) is 2.70. The lowest BCUT2D eigenvalue weighted by atomic mass is 9.86. The van der Waals surface area contributed by atoms with Gasteiger partial charge in [0.1, 0.15) is 6.33 Å². The highest BCUT2D eigenvalue weighted by Crippen LogP contribution is 2.39. The number of benzene rings is 1. The molecule has 0 aliphatic carbocycles. The molecule has 1 aliphatic heterocycles. The minimum atomic E-state index is -0.213. The highest BCUT2D eigenvalue weighted by molar-refractivity contribution is 8.04. The monoisotopic (exact) mass is 356 g/mol. The summed E-state index contributed by atoms with van der Waals surface area (Å²) in [6.45, 7) is 9.38. The second kappa shape index (κ2) is 6.15. The van der Waals surface area contributed by atoms with Gasteiger partial charge in [-0.05, 0) is 29.7 Å². The fourth-order valence-corrected chi connectivity index (χ4v) is 3.63. The number of Topliss-reactive ketones (excluding diaryl/α,β-unsaturated/α-hetero) is 1. The van der Waals surface area contributed by atoms with E-state index in [1.54, 1.807) is 4.68 Å². The molecule has 3 rings (SSSR count). The summed E-state index contributed by atoms with van der Waals surface area (Å²) >= 11 is 1.23. The van der Waals surface area contributed by atoms with Gasteiger partial charge in [-0.2, -0.15) is 0 Å². The maximum Gasteiger partial charge on any atom is 0.243 e. The summed E-state index contributed by atoms with van der Waals surface area (Å²) in [6.07, 6.45) is 1.48. The molecule has 0 bridgehead atoms. The molecule has 1 amide bonds. The van der Waals surface area contributed by atoms with Gasteiger partial charge in [0.2, 0.25) is 11.1 Å². The molecule has 1 aromatic heterocycles. The Kier molecular flexibility index (Phi) is 4.28. The van der Waals surface area contributed by atoms with Crippen LogP contribution in [0.5, 0.6) is 0 Å². The van der Waals surface area contributed by atoms with Crippen molar-refractivity contribution in [2.24, 2.45) is 0 Å². The maximum atomic E-state index is 12.3. The molecule has 7 heteroatoms. The Hall–Kier alpha value is -2.41. The number of thioether (sulfide) groups is 1. The smallest absolute Gasteiger partial charge is 0.243 e. The van der Waals surface area contributed by atoms with Gasteiger partial charge in [-0.1, -0.05) is 45.0 Å². The summed E-state index contributed by atoms with van der Waals surface area (Å²) in [4.78, 5) is 25.1. The summed E-state index contributed by atoms with van der Waals surface area (Å²) in [5.41, 5.74) is 2.58. The predicted octanol–water partition coefficient (Wildman–Crippen LogP) is 3.12. The van der Waals surface area contributed by atoms with Gasteiger partial charge in [-0.15, -0.1) is 10.2 Å². The number of carbonyl (C=O) groups excluding carboxylic acids is 2. The first-order valence-electron chi connectivity index (χ1n) is 7.95. The Morgan fingerprint density at radius 1 is 1.08 bits per heavy atom. The molecule has 25 heavy (non-hydrogen) atoms. The van der Waals surface area contributed by atoms with Crippen molar-refractivity contribution in [1.29, 1.82) is 0 Å². The molecule has 0 N–H and O–H groups in total. The van der Waals surface area contributed by atoms with Crippen LogP contribution in [0.2, 0.25) is 0 Å². The van der Waals surface area contributed by atoms with Crippen LogP contribution in [0.1, 0.15) is 45.7 Å². The second-order valence-electron chi connectivity index (χ2n) is 6.95. The minimum absolute atomic E-state index is 0.0271. The Balaban J connectivity index is 2.18. The van der Waals surface area contributed by atoms with Crippen molar-refractivity contribution in [2.75, 3.05) is 5.01 Å². The van der Waals surface area contributed by atoms with Crippen LogP contribution in [0.3, 0.4) is 0 Å². The Morgan fingerprint density at radius 2 is 1.72 bits per heavy atom. The minimum Gasteiger partial charge on any atom is -0.294 e. The lowest BCUT2D eigenvalue weighted by Gasteiger charge is -2.31. The molecular weight excluding hydrogens is 336 g/mol. The van der Waals surface area contributed by atoms with Crippen molar-refractivity contribution in [3.63, 3.8) is 0 Å². The van der Waals surface area contributed by atoms with Crippen LogP contribution < -0.4 is 5.01 Å². The zero-order chi connectivity index (χ0) is 18.4. The first kappa shape index (κ1) is 17.4. The molecule has 130 valence electrons. The van der Waals surface area contributed by atoms with E-state index in [9.17, 15) is 9.59 Å². The van der Waals surface area contributed by atoms with Gasteiger partial charge >= 0.3 is 0 Å². The molecule has 0 spiro atoms. The van der Waals surface area contributed by atoms with E-state index in [-0.39, 0.29) is 17.1 Å². The highest BCUT2D eigenvalue weighted by Gasteiger charge is 2.32. The van der Waals surface area contributed by atoms with Crippen molar-refractivity contribution in [2.45, 2.75) is 45.2 Å². The van der Waals surface area contributed by atoms with Crippen LogP contribution >= 0.6 is 11.8 Å². The molecule has 2 heterocycles. The van der Waals surface area contributed by atoms with E-state index < -0.39 is 0 Å². The van der Waals surface area contributed by atoms with Crippen LogP contribution in [0.15, 0.2) is 40.7 Å². The third-order valence-corrected chi connectivity index (χ3v) is 5.11. The van der Waals surface area contributed by atoms with Crippen molar-refractivity contribution in [3.8, 4) is 0 Å². The van der Waals surface area contributed by atoms with Crippen LogP contribution in [-0.4, -0.2) is 26.6 Å². The molecule has 1 aromatic carbocycles. The number of fused-ring (bicyclic) bond motifs is 1. The van der Waals surface area contributed by atoms with Gasteiger partial charge < -0.3 is 0 Å². The molecule has 6 nitrogen and oxygen atoms in total. The van der Waals surface area contributed by atoms with Crippen molar-refractivity contribution in [3.05, 3.63) is 46.6 Å². The molecule has 2 aromatic rings. The summed E-state index contributed by atoms with van der Waals surface area (Å²) in [5.74, 6) is -0.324. The first-order valence-corrected chi connectivity index (χ1v) is 8.77. The van der Waals surface area contributed by atoms with E-state index >= 15 is 0 Å². The molecule has 0 saturated heterocycles. The molecule has 0 saturated carbocycles. The lowest BCUT2D eigenvalue weighted by Crippen LogP contribution is -2.40. The third-order valence-electron chi connectivity index (χ3n) is 3.98. The molecular formula is C18H20N4O2S. The summed E-state index contributed by atoms with van der Waals surface area (Å²) in [6, 6.07) is 7.96. The van der Waals surface area contributed by atoms with E-state index in [0.717, 1.165) is 5.56 Å². The Morgan fingerprint density at radius 3 is 2.24 bits per heavy atom. The number of amides is 1. The van der Waals surface area contributed by atoms with E-state index in [2.05, 4.69) is 31.0 Å². The van der Waals surface area contributed by atoms with Crippen LogP contribution in [0.4, 0.5) is 0 Å². The predicted molar refractivity (Wildman–Crippen MR) is 97.5 cm³/mol. The molecule has 0 radical (unpaired) electrons. The summed E-state index contributed by atoms with van der Waals surface area (Å²) < 4.78 is 1.58. The topological polar surface area (TPSA) is 68.1 Å². The number of ketones is 1. The van der Waals surface area contributed by atoms with Gasteiger partial charge in [-0.25, -0.2) is 9.69 Å². The third kappa shape index (κ3) is 3.11. The molecule has 0 atom stereocenters. The molecule has 0 fully saturated rings. The van der Waals surface area contributed by atoms with E-state index in [1.807, 2.05) is 24.3 Å². The number of hydrogen-bond donors (Lipinski definition) is 0. The van der Waals surface area contributed by atoms with E-state index in [0.29, 0.717) is 15.8 Å². The first-order chi connectivity index (χ1) is 11.7. The summed E-state index contributed by atoms with van der Waals surface area (Å²) in [5, 5.41) is 9.81. The number of nitrogens with zero attached hydrogens (tertiary/aromatic N) is 4. The number of aromatic nitrogens is 3. The van der Waals surface area contributed by atoms with Gasteiger partial charge in [0.05, 0.1) is 10.6 Å². The largest absolute Gasteiger partial charge is 0.294 e. The molecule has 1 aliphatic rings. The SMILES string of the molecule is CC(=O)C1=C(c2ccc(C(C)(C)C)cc2)N(C(C)=O)n2cnnc2S1. The zero-order valence-corrected chi connectivity index (χ0v) is 15.7. The second-order valence-corrected chi connectivity index (χ2v) is 7.93. The summed E-state index contributed by atoms with van der Waals surface area (Å²) in [7, 11) is 0. The van der Waals surface area contributed by atoms with Gasteiger partial charge in [0.15, 0.2) is 5.78 Å². The van der Waals surface area contributed by atoms with Crippen molar-refractivity contribution < 1.29 is 9.59 Å². The number of hydrogen-bond acceptors (Lipinski definition) is 5. The number of rotatable bonds is 2. The average Bonchev–Trinajstić information content (AvgIpc) is 3.00. The fraction of sp³-hybridized carbons (Fsp3) is 0.333. The normalized spacial score (nSPS) is 14.5. The van der Waals surface area contributed by atoms with Gasteiger partial charge in [-0.3, -0.25) is 9.59 Å². The van der Waals surface area contributed by atoms with Crippen molar-refractivity contribution >= 4 is 29.1 Å².